The zero-order chi connectivity index (χ0) is 25.8. The van der Waals surface area contributed by atoms with Crippen LogP contribution in [0.3, 0.4) is 0 Å². The van der Waals surface area contributed by atoms with E-state index in [9.17, 15) is 9.59 Å². The van der Waals surface area contributed by atoms with Crippen LogP contribution in [0.2, 0.25) is 0 Å². The first kappa shape index (κ1) is 26.5. The molecule has 1 saturated heterocycles. The number of methoxy groups -OCH3 is 1. The van der Waals surface area contributed by atoms with Crippen LogP contribution in [0.1, 0.15) is 70.3 Å². The maximum atomic E-state index is 12.8. The lowest BCUT2D eigenvalue weighted by Gasteiger charge is -2.64. The number of hydrogen-bond donors (Lipinski definition) is 1. The fourth-order valence-corrected chi connectivity index (χ4v) is 6.41. The Bertz CT molecular complexity index is 995. The summed E-state index contributed by atoms with van der Waals surface area (Å²) in [5.74, 6) is 0.422. The van der Waals surface area contributed by atoms with Gasteiger partial charge in [-0.25, -0.2) is 4.79 Å². The number of para-hydroxylation sites is 1. The smallest absolute Gasteiger partial charge is 0.482 e. The molecule has 5 atom stereocenters. The summed E-state index contributed by atoms with van der Waals surface area (Å²) in [6.45, 7) is 12.3. The van der Waals surface area contributed by atoms with Crippen molar-refractivity contribution in [1.82, 2.24) is 5.32 Å². The van der Waals surface area contributed by atoms with E-state index in [4.69, 9.17) is 18.8 Å². The van der Waals surface area contributed by atoms with Gasteiger partial charge in [-0.3, -0.25) is 4.79 Å². The first-order valence-electron chi connectivity index (χ1n) is 12.4. The van der Waals surface area contributed by atoms with Gasteiger partial charge in [0.1, 0.15) is 16.9 Å². The van der Waals surface area contributed by atoms with E-state index in [0.717, 1.165) is 18.4 Å². The van der Waals surface area contributed by atoms with Crippen LogP contribution in [-0.2, 0) is 25.3 Å². The molecule has 2 bridgehead atoms. The third-order valence-electron chi connectivity index (χ3n) is 8.12. The van der Waals surface area contributed by atoms with Gasteiger partial charge in [-0.05, 0) is 75.8 Å². The second-order valence-corrected chi connectivity index (χ2v) is 12.4. The molecule has 1 amide bonds. The molecule has 5 unspecified atom stereocenters. The molecule has 1 N–H and O–H groups in total. The lowest BCUT2D eigenvalue weighted by atomic mass is 9.43. The van der Waals surface area contributed by atoms with Gasteiger partial charge in [-0.15, -0.1) is 0 Å². The third kappa shape index (κ3) is 4.88. The van der Waals surface area contributed by atoms with Gasteiger partial charge in [0.2, 0.25) is 5.91 Å². The van der Waals surface area contributed by atoms with Crippen LogP contribution in [0.5, 0.6) is 5.75 Å². The summed E-state index contributed by atoms with van der Waals surface area (Å²) in [6, 6.07) is 5.38. The number of esters is 1. The highest BCUT2D eigenvalue weighted by atomic mass is 79.9. The number of alkyl halides is 1. The van der Waals surface area contributed by atoms with E-state index in [2.05, 4.69) is 42.0 Å². The first-order chi connectivity index (χ1) is 16.3. The summed E-state index contributed by atoms with van der Waals surface area (Å²) >= 11 is 3.25. The summed E-state index contributed by atoms with van der Waals surface area (Å²) in [5, 5.41) is 3.23. The predicted octanol–water partition coefficient (Wildman–Crippen LogP) is 4.34. The molecule has 4 fully saturated rings. The van der Waals surface area contributed by atoms with E-state index in [1.807, 2.05) is 26.8 Å². The molecule has 192 valence electrons. The average molecular weight is 550 g/mol. The van der Waals surface area contributed by atoms with Crippen molar-refractivity contribution in [3.8, 4) is 5.75 Å². The van der Waals surface area contributed by atoms with Gasteiger partial charge >= 0.3 is 13.1 Å². The summed E-state index contributed by atoms with van der Waals surface area (Å²) in [4.78, 5) is 25.3. The number of nitrogens with one attached hydrogen (secondary N) is 1. The normalized spacial score (nSPS) is 29.6. The Morgan fingerprint density at radius 2 is 1.97 bits per heavy atom. The van der Waals surface area contributed by atoms with E-state index in [1.54, 1.807) is 12.1 Å². The second kappa shape index (κ2) is 9.38. The van der Waals surface area contributed by atoms with Crippen molar-refractivity contribution in [1.29, 1.82) is 0 Å². The van der Waals surface area contributed by atoms with Gasteiger partial charge < -0.3 is 24.1 Å². The largest absolute Gasteiger partial charge is 0.496 e. The number of carbonyl (C=O) groups excluding carboxylic acids is 2. The van der Waals surface area contributed by atoms with Crippen molar-refractivity contribution in [3.63, 3.8) is 0 Å². The zero-order valence-corrected chi connectivity index (χ0v) is 23.4. The van der Waals surface area contributed by atoms with Crippen LogP contribution in [0.25, 0.3) is 0 Å². The summed E-state index contributed by atoms with van der Waals surface area (Å²) in [6.07, 6.45) is 2.50. The number of carbonyl (C=O) groups is 2. The number of hydrogen-bond acceptors (Lipinski definition) is 6. The number of benzene rings is 1. The van der Waals surface area contributed by atoms with Crippen molar-refractivity contribution in [2.45, 2.75) is 84.1 Å². The highest BCUT2D eigenvalue weighted by Gasteiger charge is 2.68. The quantitative estimate of drug-likeness (QED) is 0.309. The van der Waals surface area contributed by atoms with Crippen LogP contribution in [0.4, 0.5) is 0 Å². The minimum Gasteiger partial charge on any atom is -0.496 e. The molecular weight excluding hydrogens is 513 g/mol. The fourth-order valence-electron chi connectivity index (χ4n) is 6.25. The van der Waals surface area contributed by atoms with E-state index < -0.39 is 24.6 Å². The molecule has 1 heterocycles. The highest BCUT2D eigenvalue weighted by Crippen LogP contribution is 2.65. The van der Waals surface area contributed by atoms with Gasteiger partial charge in [0, 0.05) is 0 Å². The molecular formula is C26H37BBrNO6. The lowest BCUT2D eigenvalue weighted by molar-refractivity contribution is -0.199. The molecule has 3 aliphatic carbocycles. The number of halogens is 1. The number of rotatable bonds is 7. The molecule has 0 spiro atoms. The average Bonchev–Trinajstić information content (AvgIpc) is 3.14. The van der Waals surface area contributed by atoms with Crippen LogP contribution < -0.4 is 10.1 Å². The molecule has 35 heavy (non-hydrogen) atoms. The van der Waals surface area contributed by atoms with Crippen LogP contribution in [0, 0.1) is 17.3 Å². The molecule has 5 rings (SSSR count). The Balaban J connectivity index is 1.60. The minimum absolute atomic E-state index is 0.00244. The SMILES string of the molecule is COc1c(CC(NC(=O)CBr)B2OC3CC4CC(C4(C)C)C3(C)O2)cccc1C(=O)OC(C)(C)C. The fraction of sp³-hybridized carbons (Fsp3) is 0.692. The van der Waals surface area contributed by atoms with E-state index >= 15 is 0 Å². The Morgan fingerprint density at radius 3 is 2.57 bits per heavy atom. The van der Waals surface area contributed by atoms with E-state index in [1.165, 1.54) is 7.11 Å². The Labute approximate surface area is 217 Å². The van der Waals surface area contributed by atoms with Crippen molar-refractivity contribution in [2.24, 2.45) is 17.3 Å². The lowest BCUT2D eigenvalue weighted by Crippen LogP contribution is -2.65. The molecule has 1 aromatic carbocycles. The molecule has 0 aromatic heterocycles. The first-order valence-corrected chi connectivity index (χ1v) is 13.5. The van der Waals surface area contributed by atoms with E-state index in [-0.39, 0.29) is 28.4 Å². The zero-order valence-electron chi connectivity index (χ0n) is 21.8. The van der Waals surface area contributed by atoms with Crippen molar-refractivity contribution in [3.05, 3.63) is 29.3 Å². The molecule has 7 nitrogen and oxygen atoms in total. The van der Waals surface area contributed by atoms with Crippen LogP contribution in [0.15, 0.2) is 18.2 Å². The van der Waals surface area contributed by atoms with Crippen molar-refractivity contribution >= 4 is 34.9 Å². The van der Waals surface area contributed by atoms with Gasteiger partial charge in [-0.2, -0.15) is 0 Å². The molecule has 1 aliphatic heterocycles. The number of amides is 1. The summed E-state index contributed by atoms with van der Waals surface area (Å²) in [7, 11) is 0.935. The van der Waals surface area contributed by atoms with Gasteiger partial charge in [0.25, 0.3) is 0 Å². The van der Waals surface area contributed by atoms with Gasteiger partial charge in [-0.1, -0.05) is 41.9 Å². The molecule has 3 saturated carbocycles. The Hall–Kier alpha value is -1.58. The third-order valence-corrected chi connectivity index (χ3v) is 8.63. The summed E-state index contributed by atoms with van der Waals surface area (Å²) < 4.78 is 24.4. The number of ether oxygens (including phenoxy) is 2. The van der Waals surface area contributed by atoms with Gasteiger partial charge in [0.05, 0.1) is 30.1 Å². The Kier molecular flexibility index (Phi) is 7.10. The topological polar surface area (TPSA) is 83.1 Å². The predicted molar refractivity (Wildman–Crippen MR) is 138 cm³/mol. The highest BCUT2D eigenvalue weighted by molar-refractivity contribution is 9.09. The summed E-state index contributed by atoms with van der Waals surface area (Å²) in [5.41, 5.74) is 0.330. The van der Waals surface area contributed by atoms with Crippen LogP contribution >= 0.6 is 15.9 Å². The molecule has 4 aliphatic rings. The monoisotopic (exact) mass is 549 g/mol. The Morgan fingerprint density at radius 1 is 1.26 bits per heavy atom. The second-order valence-electron chi connectivity index (χ2n) is 11.8. The van der Waals surface area contributed by atoms with E-state index in [0.29, 0.717) is 29.6 Å². The standard InChI is InChI=1S/C26H37BBrNO6/c1-24(2,3)33-23(31)17-10-8-9-15(22(17)32-7)11-20(29-21(30)14-28)27-34-19-13-16-12-18(25(16,4)5)26(19,6)35-27/h8-10,16,18-20H,11-14H2,1-7H3,(H,29,30). The maximum absolute atomic E-state index is 12.8. The molecule has 9 heteroatoms. The minimum atomic E-state index is -0.629. The van der Waals surface area contributed by atoms with Crippen molar-refractivity contribution < 1.29 is 28.4 Å². The van der Waals surface area contributed by atoms with Crippen molar-refractivity contribution in [2.75, 3.05) is 12.4 Å². The molecule has 1 aromatic rings. The maximum Gasteiger partial charge on any atom is 0.482 e. The van der Waals surface area contributed by atoms with Gasteiger partial charge in [0.15, 0.2) is 0 Å². The van der Waals surface area contributed by atoms with Crippen LogP contribution in [-0.4, -0.2) is 54.7 Å². The molecule has 0 radical (unpaired) electrons.